The third-order valence-corrected chi connectivity index (χ3v) is 4.61. The van der Waals surface area contributed by atoms with Gasteiger partial charge in [0, 0.05) is 32.2 Å². The van der Waals surface area contributed by atoms with E-state index in [9.17, 15) is 4.79 Å². The molecule has 1 aliphatic rings. The molecule has 2 aromatic rings. The van der Waals surface area contributed by atoms with Crippen LogP contribution in [0.4, 0.5) is 4.79 Å². The second-order valence-electron chi connectivity index (χ2n) is 6.35. The first kappa shape index (κ1) is 17.4. The Labute approximate surface area is 148 Å². The molecule has 1 aromatic carbocycles. The van der Waals surface area contributed by atoms with Gasteiger partial charge in [0.05, 0.1) is 6.04 Å². The van der Waals surface area contributed by atoms with Crippen LogP contribution in [0.1, 0.15) is 30.0 Å². The predicted octanol–water partition coefficient (Wildman–Crippen LogP) is 3.09. The van der Waals surface area contributed by atoms with Crippen LogP contribution in [0.5, 0.6) is 0 Å². The normalized spacial score (nSPS) is 16.2. The van der Waals surface area contributed by atoms with E-state index in [2.05, 4.69) is 27.8 Å². The van der Waals surface area contributed by atoms with Crippen molar-refractivity contribution in [1.82, 2.24) is 15.6 Å². The summed E-state index contributed by atoms with van der Waals surface area (Å²) in [5, 5.41) is 6.11. The molecule has 0 bridgehead atoms. The van der Waals surface area contributed by atoms with Gasteiger partial charge in [-0.05, 0) is 42.4 Å². The summed E-state index contributed by atoms with van der Waals surface area (Å²) in [6, 6.07) is 13.9. The number of hydrogen-bond donors (Lipinski definition) is 2. The van der Waals surface area contributed by atoms with Gasteiger partial charge >= 0.3 is 6.03 Å². The summed E-state index contributed by atoms with van der Waals surface area (Å²) in [6.45, 7) is 2.11. The van der Waals surface area contributed by atoms with Crippen LogP contribution < -0.4 is 10.6 Å². The Morgan fingerprint density at radius 2 is 1.96 bits per heavy atom. The largest absolute Gasteiger partial charge is 0.381 e. The molecule has 0 radical (unpaired) electrons. The molecule has 2 N–H and O–H groups in total. The molecule has 1 saturated heterocycles. The first-order valence-corrected chi connectivity index (χ1v) is 8.89. The Morgan fingerprint density at radius 3 is 2.68 bits per heavy atom. The van der Waals surface area contributed by atoms with E-state index in [0.717, 1.165) is 38.0 Å². The summed E-state index contributed by atoms with van der Waals surface area (Å²) < 4.78 is 5.46. The van der Waals surface area contributed by atoms with Gasteiger partial charge in [-0.3, -0.25) is 4.98 Å². The molecule has 1 fully saturated rings. The highest BCUT2D eigenvalue weighted by Gasteiger charge is 2.27. The lowest BCUT2D eigenvalue weighted by atomic mass is 9.88. The van der Waals surface area contributed by atoms with Crippen LogP contribution in [0.15, 0.2) is 54.9 Å². The molecule has 5 heteroatoms. The Morgan fingerprint density at radius 1 is 1.16 bits per heavy atom. The van der Waals surface area contributed by atoms with Gasteiger partial charge in [-0.2, -0.15) is 0 Å². The molecule has 2 heterocycles. The van der Waals surface area contributed by atoms with Gasteiger partial charge in [-0.25, -0.2) is 4.79 Å². The highest BCUT2D eigenvalue weighted by Crippen LogP contribution is 2.29. The maximum Gasteiger partial charge on any atom is 0.315 e. The quantitative estimate of drug-likeness (QED) is 0.850. The van der Waals surface area contributed by atoms with Crippen molar-refractivity contribution >= 4 is 6.03 Å². The molecule has 3 rings (SSSR count). The van der Waals surface area contributed by atoms with E-state index in [1.165, 1.54) is 5.56 Å². The van der Waals surface area contributed by atoms with Gasteiger partial charge in [0.25, 0.3) is 0 Å². The van der Waals surface area contributed by atoms with Crippen molar-refractivity contribution in [2.24, 2.45) is 5.92 Å². The Balaban J connectivity index is 1.56. The van der Waals surface area contributed by atoms with Gasteiger partial charge in [0.15, 0.2) is 0 Å². The van der Waals surface area contributed by atoms with E-state index in [4.69, 9.17) is 4.74 Å². The SMILES string of the molecule is O=C(NCCc1ccccc1)NC(c1cccnc1)C1CCOCC1. The average molecular weight is 339 g/mol. The van der Waals surface area contributed by atoms with E-state index in [1.54, 1.807) is 6.20 Å². The van der Waals surface area contributed by atoms with Crippen molar-refractivity contribution in [2.45, 2.75) is 25.3 Å². The molecule has 1 unspecified atom stereocenters. The summed E-state index contributed by atoms with van der Waals surface area (Å²) >= 11 is 0. The number of carbonyl (C=O) groups excluding carboxylic acids is 1. The number of hydrogen-bond acceptors (Lipinski definition) is 3. The monoisotopic (exact) mass is 339 g/mol. The van der Waals surface area contributed by atoms with Crippen LogP contribution in [-0.2, 0) is 11.2 Å². The van der Waals surface area contributed by atoms with Crippen molar-refractivity contribution in [2.75, 3.05) is 19.8 Å². The zero-order valence-electron chi connectivity index (χ0n) is 14.4. The van der Waals surface area contributed by atoms with Gasteiger partial charge in [-0.1, -0.05) is 36.4 Å². The summed E-state index contributed by atoms with van der Waals surface area (Å²) in [5.74, 6) is 0.373. The first-order valence-electron chi connectivity index (χ1n) is 8.89. The summed E-state index contributed by atoms with van der Waals surface area (Å²) in [5.41, 5.74) is 2.27. The number of nitrogens with one attached hydrogen (secondary N) is 2. The number of aromatic nitrogens is 1. The van der Waals surface area contributed by atoms with Crippen LogP contribution in [-0.4, -0.2) is 30.8 Å². The fourth-order valence-electron chi connectivity index (χ4n) is 3.24. The molecule has 1 aliphatic heterocycles. The molecule has 1 aromatic heterocycles. The number of rotatable bonds is 6. The van der Waals surface area contributed by atoms with E-state index in [1.807, 2.05) is 36.5 Å². The topological polar surface area (TPSA) is 63.2 Å². The molecular weight excluding hydrogens is 314 g/mol. The minimum Gasteiger partial charge on any atom is -0.381 e. The van der Waals surface area contributed by atoms with Crippen molar-refractivity contribution < 1.29 is 9.53 Å². The summed E-state index contributed by atoms with van der Waals surface area (Å²) in [7, 11) is 0. The highest BCUT2D eigenvalue weighted by molar-refractivity contribution is 5.74. The number of benzene rings is 1. The Hall–Kier alpha value is -2.40. The van der Waals surface area contributed by atoms with Crippen molar-refractivity contribution in [3.05, 3.63) is 66.0 Å². The lowest BCUT2D eigenvalue weighted by molar-refractivity contribution is 0.0547. The van der Waals surface area contributed by atoms with Crippen LogP contribution >= 0.6 is 0 Å². The van der Waals surface area contributed by atoms with Crippen LogP contribution in [0, 0.1) is 5.92 Å². The highest BCUT2D eigenvalue weighted by atomic mass is 16.5. The molecule has 0 aliphatic carbocycles. The van der Waals surface area contributed by atoms with Crippen molar-refractivity contribution in [3.63, 3.8) is 0 Å². The van der Waals surface area contributed by atoms with E-state index >= 15 is 0 Å². The van der Waals surface area contributed by atoms with Gasteiger partial charge in [0.1, 0.15) is 0 Å². The third-order valence-electron chi connectivity index (χ3n) is 4.61. The second-order valence-corrected chi connectivity index (χ2v) is 6.35. The molecule has 0 saturated carbocycles. The first-order chi connectivity index (χ1) is 12.3. The van der Waals surface area contributed by atoms with E-state index in [-0.39, 0.29) is 12.1 Å². The zero-order chi connectivity index (χ0) is 17.3. The number of ether oxygens (including phenoxy) is 1. The Bertz CT molecular complexity index is 643. The molecule has 1 atom stereocenters. The minimum absolute atomic E-state index is 0.0330. The van der Waals surface area contributed by atoms with Gasteiger partial charge in [-0.15, -0.1) is 0 Å². The standard InChI is InChI=1S/C20H25N3O2/c24-20(22-12-8-16-5-2-1-3-6-16)23-19(17-9-13-25-14-10-17)18-7-4-11-21-15-18/h1-7,11,15,17,19H,8-10,12-14H2,(H2,22,23,24). The number of urea groups is 1. The second kappa shape index (κ2) is 9.18. The zero-order valence-corrected chi connectivity index (χ0v) is 14.4. The van der Waals surface area contributed by atoms with Crippen molar-refractivity contribution in [1.29, 1.82) is 0 Å². The maximum atomic E-state index is 12.4. The number of amides is 2. The maximum absolute atomic E-state index is 12.4. The molecule has 132 valence electrons. The lowest BCUT2D eigenvalue weighted by Gasteiger charge is -2.31. The Kier molecular flexibility index (Phi) is 6.40. The van der Waals surface area contributed by atoms with Crippen LogP contribution in [0.3, 0.4) is 0 Å². The van der Waals surface area contributed by atoms with Crippen molar-refractivity contribution in [3.8, 4) is 0 Å². The number of carbonyl (C=O) groups is 1. The molecule has 5 nitrogen and oxygen atoms in total. The predicted molar refractivity (Wildman–Crippen MR) is 97.2 cm³/mol. The van der Waals surface area contributed by atoms with E-state index < -0.39 is 0 Å². The number of nitrogens with zero attached hydrogens (tertiary/aromatic N) is 1. The van der Waals surface area contributed by atoms with Gasteiger partial charge < -0.3 is 15.4 Å². The fourth-order valence-corrected chi connectivity index (χ4v) is 3.24. The summed E-state index contributed by atoms with van der Waals surface area (Å²) in [4.78, 5) is 16.6. The average Bonchev–Trinajstić information content (AvgIpc) is 2.68. The molecular formula is C20H25N3O2. The molecule has 25 heavy (non-hydrogen) atoms. The fraction of sp³-hybridized carbons (Fsp3) is 0.400. The molecule has 0 spiro atoms. The molecule has 2 amide bonds. The van der Waals surface area contributed by atoms with Crippen LogP contribution in [0.25, 0.3) is 0 Å². The van der Waals surface area contributed by atoms with E-state index in [0.29, 0.717) is 12.5 Å². The van der Waals surface area contributed by atoms with Crippen LogP contribution in [0.2, 0.25) is 0 Å². The summed E-state index contributed by atoms with van der Waals surface area (Å²) in [6.07, 6.45) is 6.31. The third kappa shape index (κ3) is 5.29. The van der Waals surface area contributed by atoms with Gasteiger partial charge in [0.2, 0.25) is 0 Å². The number of pyridine rings is 1. The smallest absolute Gasteiger partial charge is 0.315 e. The lowest BCUT2D eigenvalue weighted by Crippen LogP contribution is -2.42. The minimum atomic E-state index is -0.128.